The van der Waals surface area contributed by atoms with Crippen LogP contribution in [-0.2, 0) is 4.79 Å². The van der Waals surface area contributed by atoms with Gasteiger partial charge in [-0.15, -0.1) is 0 Å². The Hall–Kier alpha value is -2.05. The summed E-state index contributed by atoms with van der Waals surface area (Å²) in [6.45, 7) is 6.40. The molecular formula is C21H21BrN2O2S. The lowest BCUT2D eigenvalue weighted by atomic mass is 10.0. The van der Waals surface area contributed by atoms with Gasteiger partial charge < -0.3 is 5.32 Å². The Bertz CT molecular complexity index is 907. The maximum Gasteiger partial charge on any atom is 0.295 e. The van der Waals surface area contributed by atoms with E-state index in [1.54, 1.807) is 6.08 Å². The second kappa shape index (κ2) is 8.31. The molecule has 0 bridgehead atoms. The summed E-state index contributed by atoms with van der Waals surface area (Å²) in [5, 5.41) is 2.91. The Morgan fingerprint density at radius 3 is 2.48 bits per heavy atom. The van der Waals surface area contributed by atoms with E-state index in [9.17, 15) is 9.59 Å². The van der Waals surface area contributed by atoms with E-state index in [0.717, 1.165) is 33.0 Å². The Morgan fingerprint density at radius 2 is 1.85 bits per heavy atom. The number of hydrogen-bond donors (Lipinski definition) is 1. The molecular weight excluding hydrogens is 424 g/mol. The number of carbonyl (C=O) groups is 2. The van der Waals surface area contributed by atoms with E-state index < -0.39 is 0 Å². The number of amides is 2. The molecule has 1 aliphatic rings. The third-order valence-electron chi connectivity index (χ3n) is 4.39. The molecule has 27 heavy (non-hydrogen) atoms. The van der Waals surface area contributed by atoms with Crippen molar-refractivity contribution in [1.29, 1.82) is 0 Å². The number of nitrogens with zero attached hydrogens (tertiary/aromatic N) is 1. The summed E-state index contributed by atoms with van der Waals surface area (Å²) in [4.78, 5) is 26.6. The van der Waals surface area contributed by atoms with Crippen molar-refractivity contribution in [3.8, 4) is 0 Å². The first-order valence-electron chi connectivity index (χ1n) is 8.70. The van der Waals surface area contributed by atoms with Gasteiger partial charge >= 0.3 is 0 Å². The lowest BCUT2D eigenvalue weighted by molar-refractivity contribution is -0.122. The zero-order valence-corrected chi connectivity index (χ0v) is 17.9. The number of hydrogen-bond acceptors (Lipinski definition) is 4. The minimum absolute atomic E-state index is 0.150. The molecule has 140 valence electrons. The van der Waals surface area contributed by atoms with E-state index in [1.807, 2.05) is 37.3 Å². The topological polar surface area (TPSA) is 49.4 Å². The average Bonchev–Trinajstić information content (AvgIpc) is 2.88. The Labute approximate surface area is 172 Å². The Morgan fingerprint density at radius 1 is 1.15 bits per heavy atom. The van der Waals surface area contributed by atoms with Crippen LogP contribution >= 0.6 is 27.7 Å². The summed E-state index contributed by atoms with van der Waals surface area (Å²) in [5.41, 5.74) is 4.10. The van der Waals surface area contributed by atoms with Gasteiger partial charge in [-0.2, -0.15) is 0 Å². The van der Waals surface area contributed by atoms with Crippen LogP contribution in [0.25, 0.3) is 6.08 Å². The summed E-state index contributed by atoms with van der Waals surface area (Å²) in [7, 11) is 0. The standard InChI is InChI=1S/C21H21BrN2O2S/c1-13(2)16-6-4-15(5-7-16)11-19-20(25)24(21(26)27-19)12-23-18-9-8-17(22)10-14(18)3/h4-11,13,23H,12H2,1-3H3/b19-11+. The van der Waals surface area contributed by atoms with Gasteiger partial charge in [0.05, 0.1) is 11.6 Å². The first-order valence-corrected chi connectivity index (χ1v) is 10.3. The van der Waals surface area contributed by atoms with Crippen molar-refractivity contribution in [3.05, 3.63) is 68.5 Å². The van der Waals surface area contributed by atoms with Crippen LogP contribution in [0.5, 0.6) is 0 Å². The Kier molecular flexibility index (Phi) is 6.07. The van der Waals surface area contributed by atoms with Crippen LogP contribution in [0.3, 0.4) is 0 Å². The van der Waals surface area contributed by atoms with Crippen molar-refractivity contribution in [2.24, 2.45) is 0 Å². The van der Waals surface area contributed by atoms with Crippen LogP contribution in [0.1, 0.15) is 36.5 Å². The van der Waals surface area contributed by atoms with Gasteiger partial charge in [-0.1, -0.05) is 54.0 Å². The molecule has 2 aromatic carbocycles. The quantitative estimate of drug-likeness (QED) is 0.575. The van der Waals surface area contributed by atoms with Crippen molar-refractivity contribution in [2.45, 2.75) is 26.7 Å². The highest BCUT2D eigenvalue weighted by atomic mass is 79.9. The second-order valence-corrected chi connectivity index (χ2v) is 8.63. The molecule has 3 rings (SSSR count). The Balaban J connectivity index is 1.70. The second-order valence-electron chi connectivity index (χ2n) is 6.73. The maximum atomic E-state index is 12.6. The van der Waals surface area contributed by atoms with Crippen molar-refractivity contribution in [1.82, 2.24) is 4.90 Å². The van der Waals surface area contributed by atoms with Gasteiger partial charge in [0.2, 0.25) is 0 Å². The average molecular weight is 445 g/mol. The molecule has 4 nitrogen and oxygen atoms in total. The molecule has 6 heteroatoms. The van der Waals surface area contributed by atoms with E-state index in [-0.39, 0.29) is 17.8 Å². The van der Waals surface area contributed by atoms with Crippen LogP contribution in [-0.4, -0.2) is 22.7 Å². The molecule has 1 saturated heterocycles. The molecule has 2 amide bonds. The summed E-state index contributed by atoms with van der Waals surface area (Å²) in [6, 6.07) is 13.9. The van der Waals surface area contributed by atoms with Gasteiger partial charge in [-0.05, 0) is 65.6 Å². The van der Waals surface area contributed by atoms with Crippen LogP contribution < -0.4 is 5.32 Å². The van der Waals surface area contributed by atoms with Crippen LogP contribution in [0.15, 0.2) is 51.8 Å². The fourth-order valence-electron chi connectivity index (χ4n) is 2.75. The van der Waals surface area contributed by atoms with Crippen LogP contribution in [0.2, 0.25) is 0 Å². The van der Waals surface area contributed by atoms with E-state index in [1.165, 1.54) is 10.5 Å². The molecule has 0 spiro atoms. The highest BCUT2D eigenvalue weighted by Gasteiger charge is 2.34. The molecule has 0 saturated carbocycles. The number of benzene rings is 2. The fourth-order valence-corrected chi connectivity index (χ4v) is 4.07. The van der Waals surface area contributed by atoms with Gasteiger partial charge in [0, 0.05) is 10.2 Å². The van der Waals surface area contributed by atoms with Crippen molar-refractivity contribution >= 4 is 50.6 Å². The largest absolute Gasteiger partial charge is 0.367 e. The minimum atomic E-state index is -0.264. The van der Waals surface area contributed by atoms with Crippen molar-refractivity contribution in [2.75, 3.05) is 12.0 Å². The van der Waals surface area contributed by atoms with Gasteiger partial charge in [0.15, 0.2) is 0 Å². The molecule has 0 radical (unpaired) electrons. The lowest BCUT2D eigenvalue weighted by Gasteiger charge is -2.16. The molecule has 1 N–H and O–H groups in total. The normalized spacial score (nSPS) is 15.9. The lowest BCUT2D eigenvalue weighted by Crippen LogP contribution is -2.33. The van der Waals surface area contributed by atoms with Crippen LogP contribution in [0.4, 0.5) is 10.5 Å². The first-order chi connectivity index (χ1) is 12.8. The van der Waals surface area contributed by atoms with Gasteiger partial charge in [0.1, 0.15) is 0 Å². The minimum Gasteiger partial charge on any atom is -0.367 e. The summed E-state index contributed by atoms with van der Waals surface area (Å²) in [6.07, 6.45) is 1.78. The number of aryl methyl sites for hydroxylation is 1. The summed E-state index contributed by atoms with van der Waals surface area (Å²) >= 11 is 4.41. The number of anilines is 1. The molecule has 1 aliphatic heterocycles. The molecule has 0 aromatic heterocycles. The number of rotatable bonds is 5. The highest BCUT2D eigenvalue weighted by Crippen LogP contribution is 2.32. The van der Waals surface area contributed by atoms with Crippen molar-refractivity contribution < 1.29 is 9.59 Å². The fraction of sp³-hybridized carbons (Fsp3) is 0.238. The molecule has 0 aliphatic carbocycles. The van der Waals surface area contributed by atoms with E-state index in [2.05, 4.69) is 47.2 Å². The number of imide groups is 1. The van der Waals surface area contributed by atoms with Crippen LogP contribution in [0, 0.1) is 6.92 Å². The maximum absolute atomic E-state index is 12.6. The molecule has 2 aromatic rings. The predicted octanol–water partition coefficient (Wildman–Crippen LogP) is 5.99. The monoisotopic (exact) mass is 444 g/mol. The summed E-state index contributed by atoms with van der Waals surface area (Å²) in [5.74, 6) is 0.194. The van der Waals surface area contributed by atoms with Gasteiger partial charge in [0.25, 0.3) is 11.1 Å². The predicted molar refractivity (Wildman–Crippen MR) is 116 cm³/mol. The number of halogens is 1. The molecule has 1 fully saturated rings. The number of nitrogens with one attached hydrogen (secondary N) is 1. The first kappa shape index (κ1) is 19.7. The number of thioether (sulfide) groups is 1. The molecule has 1 heterocycles. The third kappa shape index (κ3) is 4.62. The summed E-state index contributed by atoms with van der Waals surface area (Å²) < 4.78 is 0.989. The molecule has 0 atom stereocenters. The van der Waals surface area contributed by atoms with Crippen molar-refractivity contribution in [3.63, 3.8) is 0 Å². The SMILES string of the molecule is Cc1cc(Br)ccc1NCN1C(=O)S/C(=C/c2ccc(C(C)C)cc2)C1=O. The zero-order valence-electron chi connectivity index (χ0n) is 15.5. The van der Waals surface area contributed by atoms with Gasteiger partial charge in [-0.3, -0.25) is 14.5 Å². The number of carbonyl (C=O) groups excluding carboxylic acids is 2. The third-order valence-corrected chi connectivity index (χ3v) is 5.79. The van der Waals surface area contributed by atoms with E-state index >= 15 is 0 Å². The highest BCUT2D eigenvalue weighted by molar-refractivity contribution is 9.10. The van der Waals surface area contributed by atoms with E-state index in [4.69, 9.17) is 0 Å². The zero-order chi connectivity index (χ0) is 19.6. The van der Waals surface area contributed by atoms with Gasteiger partial charge in [-0.25, -0.2) is 0 Å². The van der Waals surface area contributed by atoms with E-state index in [0.29, 0.717) is 10.8 Å². The molecule has 0 unspecified atom stereocenters. The smallest absolute Gasteiger partial charge is 0.295 e.